The zero-order chi connectivity index (χ0) is 16.2. The third-order valence-electron chi connectivity index (χ3n) is 4.87. The summed E-state index contributed by atoms with van der Waals surface area (Å²) in [5.74, 6) is 0. The second kappa shape index (κ2) is 7.51. The maximum atomic E-state index is 12.6. The van der Waals surface area contributed by atoms with Crippen molar-refractivity contribution in [1.29, 1.82) is 0 Å². The number of aliphatic hydroxyl groups is 1. The van der Waals surface area contributed by atoms with Gasteiger partial charge in [0.1, 0.15) is 0 Å². The zero-order valence-corrected chi connectivity index (χ0v) is 14.0. The molecule has 1 aromatic carbocycles. The molecule has 0 spiro atoms. The summed E-state index contributed by atoms with van der Waals surface area (Å²) in [5.41, 5.74) is 0.725. The average molecular weight is 338 g/mol. The summed E-state index contributed by atoms with van der Waals surface area (Å²) in [7, 11) is 0. The van der Waals surface area contributed by atoms with E-state index in [1.165, 1.54) is 0 Å². The standard InChI is InChI=1S/C17H24ClN3O2/c18-13-4-1-5-14(10-13)19-17(23)21-9-3-6-15(21)11-20-8-2-7-16(20)12-22/h1,4-5,10,15-16,22H,2-3,6-9,11-12H2,(H,19,23)/t15-,16-/m0/s1. The maximum absolute atomic E-state index is 12.6. The lowest BCUT2D eigenvalue weighted by atomic mass is 10.2. The highest BCUT2D eigenvalue weighted by atomic mass is 35.5. The first kappa shape index (κ1) is 16.6. The summed E-state index contributed by atoms with van der Waals surface area (Å²) in [5, 5.41) is 13.0. The van der Waals surface area contributed by atoms with Gasteiger partial charge in [-0.2, -0.15) is 0 Å². The number of urea groups is 1. The third-order valence-corrected chi connectivity index (χ3v) is 5.10. The lowest BCUT2D eigenvalue weighted by molar-refractivity contribution is 0.130. The van der Waals surface area contributed by atoms with E-state index in [0.717, 1.165) is 51.0 Å². The van der Waals surface area contributed by atoms with E-state index in [1.807, 2.05) is 17.0 Å². The Hall–Kier alpha value is -1.30. The molecular formula is C17H24ClN3O2. The molecule has 0 aromatic heterocycles. The van der Waals surface area contributed by atoms with Gasteiger partial charge in [0.05, 0.1) is 6.61 Å². The molecule has 126 valence electrons. The average Bonchev–Trinajstić information content (AvgIpc) is 3.16. The van der Waals surface area contributed by atoms with Crippen molar-refractivity contribution in [3.8, 4) is 0 Å². The van der Waals surface area contributed by atoms with Gasteiger partial charge in [0, 0.05) is 35.9 Å². The van der Waals surface area contributed by atoms with Gasteiger partial charge in [0.2, 0.25) is 0 Å². The summed E-state index contributed by atoms with van der Waals surface area (Å²) in [6.07, 6.45) is 4.24. The van der Waals surface area contributed by atoms with E-state index in [2.05, 4.69) is 10.2 Å². The molecule has 23 heavy (non-hydrogen) atoms. The summed E-state index contributed by atoms with van der Waals surface area (Å²) >= 11 is 5.97. The van der Waals surface area contributed by atoms with Crippen molar-refractivity contribution >= 4 is 23.3 Å². The van der Waals surface area contributed by atoms with E-state index in [0.29, 0.717) is 5.02 Å². The van der Waals surface area contributed by atoms with E-state index in [9.17, 15) is 9.90 Å². The highest BCUT2D eigenvalue weighted by molar-refractivity contribution is 6.30. The molecule has 0 aliphatic carbocycles. The molecule has 3 rings (SSSR count). The number of benzene rings is 1. The number of hydrogen-bond donors (Lipinski definition) is 2. The smallest absolute Gasteiger partial charge is 0.322 e. The van der Waals surface area contributed by atoms with Crippen LogP contribution in [0.5, 0.6) is 0 Å². The van der Waals surface area contributed by atoms with Gasteiger partial charge >= 0.3 is 6.03 Å². The molecular weight excluding hydrogens is 314 g/mol. The lowest BCUT2D eigenvalue weighted by Crippen LogP contribution is -2.46. The third kappa shape index (κ3) is 3.97. The largest absolute Gasteiger partial charge is 0.395 e. The highest BCUT2D eigenvalue weighted by Crippen LogP contribution is 2.24. The molecule has 1 aromatic rings. The number of hydrogen-bond acceptors (Lipinski definition) is 3. The molecule has 0 unspecified atom stereocenters. The SMILES string of the molecule is O=C(Nc1cccc(Cl)c1)N1CCC[C@H]1CN1CCC[C@H]1CO. The van der Waals surface area contributed by atoms with Crippen molar-refractivity contribution in [2.45, 2.75) is 37.8 Å². The Morgan fingerprint density at radius 2 is 2.04 bits per heavy atom. The van der Waals surface area contributed by atoms with Crippen molar-refractivity contribution < 1.29 is 9.90 Å². The van der Waals surface area contributed by atoms with Crippen LogP contribution < -0.4 is 5.32 Å². The second-order valence-corrected chi connectivity index (χ2v) is 6.84. The number of nitrogens with one attached hydrogen (secondary N) is 1. The van der Waals surface area contributed by atoms with Crippen LogP contribution in [0.3, 0.4) is 0 Å². The van der Waals surface area contributed by atoms with Crippen LogP contribution in [0.4, 0.5) is 10.5 Å². The number of rotatable bonds is 4. The molecule has 0 bridgehead atoms. The molecule has 0 saturated carbocycles. The minimum atomic E-state index is -0.0606. The molecule has 2 saturated heterocycles. The second-order valence-electron chi connectivity index (χ2n) is 6.40. The van der Waals surface area contributed by atoms with Crippen molar-refractivity contribution in [3.63, 3.8) is 0 Å². The molecule has 6 heteroatoms. The normalized spacial score (nSPS) is 25.0. The van der Waals surface area contributed by atoms with Gasteiger partial charge in [-0.25, -0.2) is 4.79 Å². The summed E-state index contributed by atoms with van der Waals surface area (Å²) in [6.45, 7) is 2.87. The number of likely N-dealkylation sites (tertiary alicyclic amines) is 2. The number of halogens is 1. The number of amides is 2. The molecule has 2 aliphatic heterocycles. The van der Waals surface area contributed by atoms with Crippen molar-refractivity contribution in [3.05, 3.63) is 29.3 Å². The first-order valence-corrected chi connectivity index (χ1v) is 8.73. The predicted octanol–water partition coefficient (Wildman–Crippen LogP) is 2.79. The summed E-state index contributed by atoms with van der Waals surface area (Å²) < 4.78 is 0. The van der Waals surface area contributed by atoms with Crippen LogP contribution in [0, 0.1) is 0 Å². The predicted molar refractivity (Wildman–Crippen MR) is 91.9 cm³/mol. The first-order valence-electron chi connectivity index (χ1n) is 8.35. The van der Waals surface area contributed by atoms with Crippen molar-refractivity contribution in [2.24, 2.45) is 0 Å². The molecule has 0 radical (unpaired) electrons. The minimum absolute atomic E-state index is 0.0606. The van der Waals surface area contributed by atoms with Gasteiger partial charge in [-0.1, -0.05) is 17.7 Å². The van der Waals surface area contributed by atoms with Crippen molar-refractivity contribution in [2.75, 3.05) is 31.6 Å². The highest BCUT2D eigenvalue weighted by Gasteiger charge is 2.33. The van der Waals surface area contributed by atoms with Crippen molar-refractivity contribution in [1.82, 2.24) is 9.80 Å². The van der Waals surface area contributed by atoms with Crippen LogP contribution in [0.1, 0.15) is 25.7 Å². The number of carbonyl (C=O) groups is 1. The number of carbonyl (C=O) groups excluding carboxylic acids is 1. The molecule has 5 nitrogen and oxygen atoms in total. The molecule has 2 aliphatic rings. The number of nitrogens with zero attached hydrogens (tertiary/aromatic N) is 2. The number of aliphatic hydroxyl groups excluding tert-OH is 1. The molecule has 2 N–H and O–H groups in total. The maximum Gasteiger partial charge on any atom is 0.322 e. The van der Waals surface area contributed by atoms with E-state index in [-0.39, 0.29) is 24.7 Å². The monoisotopic (exact) mass is 337 g/mol. The fraction of sp³-hybridized carbons (Fsp3) is 0.588. The quantitative estimate of drug-likeness (QED) is 0.888. The van der Waals surface area contributed by atoms with Gasteiger partial charge in [-0.05, 0) is 50.4 Å². The fourth-order valence-electron chi connectivity index (χ4n) is 3.67. The van der Waals surface area contributed by atoms with E-state index in [1.54, 1.807) is 12.1 Å². The van der Waals surface area contributed by atoms with Crippen LogP contribution in [0.15, 0.2) is 24.3 Å². The van der Waals surface area contributed by atoms with Crippen LogP contribution in [0.25, 0.3) is 0 Å². The lowest BCUT2D eigenvalue weighted by Gasteiger charge is -2.31. The van der Waals surface area contributed by atoms with E-state index in [4.69, 9.17) is 11.6 Å². The minimum Gasteiger partial charge on any atom is -0.395 e. The van der Waals surface area contributed by atoms with E-state index >= 15 is 0 Å². The van der Waals surface area contributed by atoms with Gasteiger partial charge < -0.3 is 15.3 Å². The van der Waals surface area contributed by atoms with Gasteiger partial charge in [0.25, 0.3) is 0 Å². The molecule has 2 heterocycles. The Labute approximate surface area is 142 Å². The Kier molecular flexibility index (Phi) is 5.41. The number of anilines is 1. The zero-order valence-electron chi connectivity index (χ0n) is 13.2. The topological polar surface area (TPSA) is 55.8 Å². The van der Waals surface area contributed by atoms with Crippen LogP contribution in [-0.2, 0) is 0 Å². The Balaban J connectivity index is 1.60. The Morgan fingerprint density at radius 1 is 1.26 bits per heavy atom. The Morgan fingerprint density at radius 3 is 2.83 bits per heavy atom. The fourth-order valence-corrected chi connectivity index (χ4v) is 3.86. The first-order chi connectivity index (χ1) is 11.2. The van der Waals surface area contributed by atoms with Crippen LogP contribution >= 0.6 is 11.6 Å². The van der Waals surface area contributed by atoms with Gasteiger partial charge in [-0.3, -0.25) is 4.90 Å². The molecule has 2 atom stereocenters. The molecule has 2 fully saturated rings. The van der Waals surface area contributed by atoms with Crippen LogP contribution in [0.2, 0.25) is 5.02 Å². The molecule has 2 amide bonds. The Bertz CT molecular complexity index is 554. The summed E-state index contributed by atoms with van der Waals surface area (Å²) in [6, 6.07) is 7.64. The van der Waals surface area contributed by atoms with Crippen LogP contribution in [-0.4, -0.2) is 59.3 Å². The van der Waals surface area contributed by atoms with Gasteiger partial charge in [0.15, 0.2) is 0 Å². The van der Waals surface area contributed by atoms with Gasteiger partial charge in [-0.15, -0.1) is 0 Å². The summed E-state index contributed by atoms with van der Waals surface area (Å²) in [4.78, 5) is 16.8. The van der Waals surface area contributed by atoms with E-state index < -0.39 is 0 Å².